The molecular formula is C9H16F6O3Si. The first-order valence-corrected chi connectivity index (χ1v) is 7.40. The molecule has 0 N–H and O–H groups in total. The van der Waals surface area contributed by atoms with Crippen molar-refractivity contribution in [3.63, 3.8) is 0 Å². The summed E-state index contributed by atoms with van der Waals surface area (Å²) in [7, 11) is -4.95. The van der Waals surface area contributed by atoms with Gasteiger partial charge in [-0.25, -0.2) is 0 Å². The van der Waals surface area contributed by atoms with Crippen LogP contribution in [0, 0.1) is 0 Å². The van der Waals surface area contributed by atoms with Crippen molar-refractivity contribution >= 4 is 8.80 Å². The molecule has 0 heterocycles. The van der Waals surface area contributed by atoms with Crippen molar-refractivity contribution in [3.05, 3.63) is 0 Å². The summed E-state index contributed by atoms with van der Waals surface area (Å²) in [6, 6.07) is 0. The Labute approximate surface area is 108 Å². The molecule has 0 aliphatic carbocycles. The van der Waals surface area contributed by atoms with Gasteiger partial charge in [0, 0.05) is 19.8 Å². The molecule has 10 heteroatoms. The summed E-state index contributed by atoms with van der Waals surface area (Å²) in [6.45, 7) is 2.75. The molecular weight excluding hydrogens is 298 g/mol. The van der Waals surface area contributed by atoms with Gasteiger partial charge in [-0.3, -0.25) is 0 Å². The molecule has 0 aromatic heterocycles. The van der Waals surface area contributed by atoms with Gasteiger partial charge in [0.05, 0.1) is 0 Å². The SMILES string of the molecule is CCO[Si](OCC)(OCC)C(C(F)(F)F)C(F)(F)F. The Morgan fingerprint density at radius 3 is 1.16 bits per heavy atom. The van der Waals surface area contributed by atoms with Crippen LogP contribution in [0.4, 0.5) is 26.3 Å². The molecule has 0 rings (SSSR count). The van der Waals surface area contributed by atoms with E-state index in [-0.39, 0.29) is 19.8 Å². The lowest BCUT2D eigenvalue weighted by Gasteiger charge is -2.36. The molecule has 0 fully saturated rings. The third kappa shape index (κ3) is 4.93. The lowest BCUT2D eigenvalue weighted by atomic mass is 10.4. The van der Waals surface area contributed by atoms with Gasteiger partial charge in [-0.1, -0.05) is 0 Å². The molecule has 0 saturated heterocycles. The summed E-state index contributed by atoms with van der Waals surface area (Å²) < 4.78 is 90.6. The van der Waals surface area contributed by atoms with E-state index >= 15 is 0 Å². The molecule has 19 heavy (non-hydrogen) atoms. The van der Waals surface area contributed by atoms with E-state index in [2.05, 4.69) is 13.3 Å². The molecule has 0 spiro atoms. The second kappa shape index (κ2) is 6.91. The van der Waals surface area contributed by atoms with Gasteiger partial charge in [-0.2, -0.15) is 26.3 Å². The predicted octanol–water partition coefficient (Wildman–Crippen LogP) is 3.53. The Morgan fingerprint density at radius 2 is 1.00 bits per heavy atom. The highest BCUT2D eigenvalue weighted by Gasteiger charge is 2.73. The van der Waals surface area contributed by atoms with Crippen molar-refractivity contribution in [2.45, 2.75) is 38.7 Å². The zero-order chi connectivity index (χ0) is 15.3. The average Bonchev–Trinajstić information content (AvgIpc) is 2.13. The molecule has 0 aliphatic rings. The molecule has 0 bridgehead atoms. The number of hydrogen-bond acceptors (Lipinski definition) is 3. The topological polar surface area (TPSA) is 27.7 Å². The molecule has 0 amide bonds. The first kappa shape index (κ1) is 18.7. The lowest BCUT2D eigenvalue weighted by Crippen LogP contribution is -2.59. The van der Waals surface area contributed by atoms with Crippen LogP contribution >= 0.6 is 0 Å². The second-order valence-electron chi connectivity index (χ2n) is 3.42. The number of hydrogen-bond donors (Lipinski definition) is 0. The maximum Gasteiger partial charge on any atom is 0.523 e. The van der Waals surface area contributed by atoms with Crippen LogP contribution < -0.4 is 0 Å². The summed E-state index contributed by atoms with van der Waals surface area (Å²) in [6.07, 6.45) is -11.1. The van der Waals surface area contributed by atoms with Gasteiger partial charge in [0.2, 0.25) is 5.54 Å². The highest BCUT2D eigenvalue weighted by molar-refractivity contribution is 6.63. The van der Waals surface area contributed by atoms with Crippen LogP contribution in [0.1, 0.15) is 20.8 Å². The van der Waals surface area contributed by atoms with Crippen molar-refractivity contribution < 1.29 is 39.6 Å². The van der Waals surface area contributed by atoms with Gasteiger partial charge in [0.1, 0.15) is 0 Å². The molecule has 3 nitrogen and oxygen atoms in total. The Hall–Kier alpha value is -0.323. The minimum atomic E-state index is -5.55. The van der Waals surface area contributed by atoms with E-state index in [1.165, 1.54) is 20.8 Å². The standard InChI is InChI=1S/C9H16F6O3Si/c1-4-16-19(17-5-2,18-6-3)7(8(10,11)12)9(13,14)15/h7H,4-6H2,1-3H3. The van der Waals surface area contributed by atoms with Crippen molar-refractivity contribution in [2.24, 2.45) is 0 Å². The van der Waals surface area contributed by atoms with Crippen molar-refractivity contribution in [1.29, 1.82) is 0 Å². The van der Waals surface area contributed by atoms with Gasteiger partial charge in [-0.05, 0) is 20.8 Å². The minimum absolute atomic E-state index is 0.366. The molecule has 0 aliphatic heterocycles. The molecule has 0 radical (unpaired) electrons. The monoisotopic (exact) mass is 314 g/mol. The van der Waals surface area contributed by atoms with Crippen LogP contribution in [0.2, 0.25) is 5.54 Å². The Balaban J connectivity index is 5.70. The fraction of sp³-hybridized carbons (Fsp3) is 1.00. The molecule has 0 atom stereocenters. The van der Waals surface area contributed by atoms with Gasteiger partial charge >= 0.3 is 21.2 Å². The summed E-state index contributed by atoms with van der Waals surface area (Å²) in [4.78, 5) is 0. The number of halogens is 6. The van der Waals surface area contributed by atoms with Crippen molar-refractivity contribution in [3.8, 4) is 0 Å². The number of rotatable bonds is 7. The summed E-state index contributed by atoms with van der Waals surface area (Å²) in [5.74, 6) is 0. The first-order valence-electron chi connectivity index (χ1n) is 5.60. The zero-order valence-electron chi connectivity index (χ0n) is 10.7. The predicted molar refractivity (Wildman–Crippen MR) is 56.5 cm³/mol. The van der Waals surface area contributed by atoms with Gasteiger partial charge < -0.3 is 13.3 Å². The van der Waals surface area contributed by atoms with E-state index in [0.717, 1.165) is 0 Å². The number of alkyl halides is 6. The first-order chi connectivity index (χ1) is 8.55. The normalized spacial score (nSPS) is 14.2. The second-order valence-corrected chi connectivity index (χ2v) is 6.07. The third-order valence-electron chi connectivity index (χ3n) is 2.04. The van der Waals surface area contributed by atoms with Crippen LogP contribution in [-0.4, -0.2) is 41.0 Å². The van der Waals surface area contributed by atoms with E-state index in [1.807, 2.05) is 0 Å². The Kier molecular flexibility index (Phi) is 6.79. The van der Waals surface area contributed by atoms with Crippen molar-refractivity contribution in [2.75, 3.05) is 19.8 Å². The van der Waals surface area contributed by atoms with E-state index in [0.29, 0.717) is 0 Å². The maximum atomic E-state index is 12.8. The Morgan fingerprint density at radius 1 is 0.737 bits per heavy atom. The maximum absolute atomic E-state index is 12.8. The molecule has 0 saturated carbocycles. The van der Waals surface area contributed by atoms with Gasteiger partial charge in [0.15, 0.2) is 0 Å². The molecule has 0 aromatic rings. The van der Waals surface area contributed by atoms with E-state index in [4.69, 9.17) is 0 Å². The quantitative estimate of drug-likeness (QED) is 0.531. The Bertz CT molecular complexity index is 237. The van der Waals surface area contributed by atoms with E-state index in [9.17, 15) is 26.3 Å². The highest BCUT2D eigenvalue weighted by Crippen LogP contribution is 2.50. The van der Waals surface area contributed by atoms with Crippen molar-refractivity contribution in [1.82, 2.24) is 0 Å². The van der Waals surface area contributed by atoms with Crippen LogP contribution in [0.5, 0.6) is 0 Å². The fourth-order valence-electron chi connectivity index (χ4n) is 1.57. The third-order valence-corrected chi connectivity index (χ3v) is 5.48. The highest BCUT2D eigenvalue weighted by atomic mass is 28.4. The fourth-order valence-corrected chi connectivity index (χ4v) is 4.32. The van der Waals surface area contributed by atoms with Gasteiger partial charge in [-0.15, -0.1) is 0 Å². The van der Waals surface area contributed by atoms with Crippen LogP contribution in [0.15, 0.2) is 0 Å². The zero-order valence-corrected chi connectivity index (χ0v) is 11.7. The van der Waals surface area contributed by atoms with E-state index < -0.39 is 26.7 Å². The summed E-state index contributed by atoms with van der Waals surface area (Å²) >= 11 is 0. The average molecular weight is 314 g/mol. The van der Waals surface area contributed by atoms with E-state index in [1.54, 1.807) is 0 Å². The summed E-state index contributed by atoms with van der Waals surface area (Å²) in [5.41, 5.74) is -3.74. The smallest absolute Gasteiger partial charge is 0.373 e. The summed E-state index contributed by atoms with van der Waals surface area (Å²) in [5, 5.41) is 0. The minimum Gasteiger partial charge on any atom is -0.373 e. The molecule has 0 aromatic carbocycles. The van der Waals surface area contributed by atoms with Crippen LogP contribution in [0.3, 0.4) is 0 Å². The molecule has 0 unspecified atom stereocenters. The molecule has 116 valence electrons. The largest absolute Gasteiger partial charge is 0.523 e. The van der Waals surface area contributed by atoms with Gasteiger partial charge in [0.25, 0.3) is 0 Å². The van der Waals surface area contributed by atoms with Crippen LogP contribution in [-0.2, 0) is 13.3 Å². The lowest BCUT2D eigenvalue weighted by molar-refractivity contribution is -0.247. The van der Waals surface area contributed by atoms with Crippen LogP contribution in [0.25, 0.3) is 0 Å².